The van der Waals surface area contributed by atoms with Gasteiger partial charge in [-0.05, 0) is 45.2 Å². The third-order valence-corrected chi connectivity index (χ3v) is 3.90. The van der Waals surface area contributed by atoms with Crippen molar-refractivity contribution in [1.82, 2.24) is 5.32 Å². The molecule has 1 atom stereocenters. The van der Waals surface area contributed by atoms with Crippen LogP contribution >= 0.6 is 0 Å². The van der Waals surface area contributed by atoms with Gasteiger partial charge in [0.15, 0.2) is 0 Å². The first-order chi connectivity index (χ1) is 13.2. The van der Waals surface area contributed by atoms with Gasteiger partial charge in [-0.15, -0.1) is 0 Å². The highest BCUT2D eigenvalue weighted by Crippen LogP contribution is 2.11. The molecular formula is C23H30NO4+. The van der Waals surface area contributed by atoms with Gasteiger partial charge in [0.25, 0.3) is 0 Å². The van der Waals surface area contributed by atoms with E-state index in [1.165, 1.54) is 0 Å². The third-order valence-electron chi connectivity index (χ3n) is 3.90. The molecular weight excluding hydrogens is 354 g/mol. The highest BCUT2D eigenvalue weighted by molar-refractivity contribution is 5.73. The fourth-order valence-electron chi connectivity index (χ4n) is 2.75. The molecule has 0 aliphatic heterocycles. The Bertz CT molecular complexity index is 781. The highest BCUT2D eigenvalue weighted by Gasteiger charge is 2.18. The molecule has 0 aliphatic carbocycles. The molecule has 150 valence electrons. The average Bonchev–Trinajstić information content (AvgIpc) is 2.59. The van der Waals surface area contributed by atoms with Gasteiger partial charge >= 0.3 is 12.1 Å². The number of hydrogen-bond acceptors (Lipinski definition) is 3. The van der Waals surface area contributed by atoms with Gasteiger partial charge < -0.3 is 19.6 Å². The summed E-state index contributed by atoms with van der Waals surface area (Å²) in [5.74, 6) is -0.0130. The summed E-state index contributed by atoms with van der Waals surface area (Å²) in [5, 5.41) is 2.84. The molecule has 0 saturated heterocycles. The number of rotatable bonds is 7. The number of benzene rings is 2. The first-order valence-electron chi connectivity index (χ1n) is 9.50. The van der Waals surface area contributed by atoms with Crippen LogP contribution in [0, 0.1) is 0 Å². The maximum atomic E-state index is 11.9. The SMILES string of the molecule is C[C@H](Cc1cccc(CC(=[OH+])OCc2ccccc2)c1)NC(=O)OC(C)(C)C. The topological polar surface area (TPSA) is 69.0 Å². The third kappa shape index (κ3) is 8.25. The van der Waals surface area contributed by atoms with Gasteiger partial charge in [-0.2, -0.15) is 0 Å². The fraction of sp³-hybridized carbons (Fsp3) is 0.391. The smallest absolute Gasteiger partial charge is 0.444 e. The minimum Gasteiger partial charge on any atom is -0.444 e. The zero-order chi connectivity index (χ0) is 20.6. The van der Waals surface area contributed by atoms with Gasteiger partial charge in [0, 0.05) is 11.6 Å². The number of esters is 1. The van der Waals surface area contributed by atoms with Crippen LogP contribution in [0.15, 0.2) is 54.6 Å². The number of alkyl carbamates (subject to hydrolysis) is 1. The van der Waals surface area contributed by atoms with Gasteiger partial charge in [-0.25, -0.2) is 4.79 Å². The van der Waals surface area contributed by atoms with Crippen LogP contribution < -0.4 is 5.32 Å². The van der Waals surface area contributed by atoms with Crippen molar-refractivity contribution in [2.45, 2.75) is 58.8 Å². The Morgan fingerprint density at radius 1 is 1.04 bits per heavy atom. The number of amides is 1. The van der Waals surface area contributed by atoms with Gasteiger partial charge in [-0.1, -0.05) is 54.6 Å². The van der Waals surface area contributed by atoms with Gasteiger partial charge in [-0.3, -0.25) is 0 Å². The van der Waals surface area contributed by atoms with Crippen LogP contribution in [0.1, 0.15) is 44.4 Å². The zero-order valence-corrected chi connectivity index (χ0v) is 17.1. The van der Waals surface area contributed by atoms with Crippen molar-refractivity contribution in [3.05, 3.63) is 71.3 Å². The van der Waals surface area contributed by atoms with Crippen LogP contribution in [0.3, 0.4) is 0 Å². The second-order valence-electron chi connectivity index (χ2n) is 7.92. The minimum atomic E-state index is -0.517. The monoisotopic (exact) mass is 384 g/mol. The lowest BCUT2D eigenvalue weighted by Gasteiger charge is -2.22. The van der Waals surface area contributed by atoms with Gasteiger partial charge in [0.05, 0.1) is 0 Å². The number of carbonyl (C=O) groups is 1. The van der Waals surface area contributed by atoms with Crippen LogP contribution in [0.2, 0.25) is 0 Å². The Labute approximate surface area is 167 Å². The fourth-order valence-corrected chi connectivity index (χ4v) is 2.75. The van der Waals surface area contributed by atoms with E-state index >= 15 is 0 Å². The quantitative estimate of drug-likeness (QED) is 0.568. The Morgan fingerprint density at radius 3 is 2.36 bits per heavy atom. The van der Waals surface area contributed by atoms with E-state index < -0.39 is 11.7 Å². The Hall–Kier alpha value is -2.82. The van der Waals surface area contributed by atoms with Crippen LogP contribution in [-0.4, -0.2) is 28.5 Å². The van der Waals surface area contributed by atoms with Gasteiger partial charge in [0.1, 0.15) is 12.0 Å². The summed E-state index contributed by atoms with van der Waals surface area (Å²) in [7, 11) is 0. The molecule has 0 aliphatic rings. The summed E-state index contributed by atoms with van der Waals surface area (Å²) < 4.78 is 10.7. The van der Waals surface area contributed by atoms with Crippen molar-refractivity contribution in [2.75, 3.05) is 0 Å². The maximum absolute atomic E-state index is 11.9. The Kier molecular flexibility index (Phi) is 7.61. The molecule has 2 rings (SSSR count). The maximum Gasteiger partial charge on any atom is 0.487 e. The van der Waals surface area contributed by atoms with Crippen molar-refractivity contribution in [3.8, 4) is 0 Å². The van der Waals surface area contributed by atoms with E-state index in [1.54, 1.807) is 0 Å². The lowest BCUT2D eigenvalue weighted by Crippen LogP contribution is -2.38. The second-order valence-corrected chi connectivity index (χ2v) is 7.92. The summed E-state index contributed by atoms with van der Waals surface area (Å²) in [6.07, 6.45) is 0.573. The summed E-state index contributed by atoms with van der Waals surface area (Å²) in [6.45, 7) is 7.78. The summed E-state index contributed by atoms with van der Waals surface area (Å²) >= 11 is 0. The molecule has 28 heavy (non-hydrogen) atoms. The molecule has 0 bridgehead atoms. The average molecular weight is 384 g/mol. The van der Waals surface area contributed by atoms with E-state index in [4.69, 9.17) is 9.47 Å². The molecule has 5 nitrogen and oxygen atoms in total. The van der Waals surface area contributed by atoms with E-state index in [9.17, 15) is 9.59 Å². The van der Waals surface area contributed by atoms with Crippen molar-refractivity contribution in [2.24, 2.45) is 0 Å². The molecule has 0 radical (unpaired) electrons. The molecule has 0 heterocycles. The summed E-state index contributed by atoms with van der Waals surface area (Å²) in [6, 6.07) is 17.5. The van der Waals surface area contributed by atoms with Crippen LogP contribution in [0.25, 0.3) is 0 Å². The molecule has 2 aromatic rings. The van der Waals surface area contributed by atoms with E-state index in [2.05, 4.69) is 5.32 Å². The van der Waals surface area contributed by atoms with Crippen LogP contribution in [0.4, 0.5) is 4.79 Å². The van der Waals surface area contributed by atoms with Crippen molar-refractivity contribution >= 4 is 12.1 Å². The molecule has 5 heteroatoms. The molecule has 0 fully saturated rings. The molecule has 0 aromatic heterocycles. The normalized spacial score (nSPS) is 12.1. The number of nitrogens with one attached hydrogen (secondary N) is 1. The molecule has 0 unspecified atom stereocenters. The standard InChI is InChI=1S/C23H29NO4/c1-17(24-22(26)28-23(2,3)4)13-19-11-8-12-20(14-19)15-21(25)27-16-18-9-6-5-7-10-18/h5-12,14,17H,13,15-16H2,1-4H3,(H,24,26)/p+1/t17-/m1/s1. The minimum absolute atomic E-state index is 0.0130. The highest BCUT2D eigenvalue weighted by atomic mass is 16.6. The number of hydrogen-bond donors (Lipinski definition) is 1. The van der Waals surface area contributed by atoms with Crippen molar-refractivity contribution in [1.29, 1.82) is 0 Å². The summed E-state index contributed by atoms with van der Waals surface area (Å²) in [4.78, 5) is 22.0. The lowest BCUT2D eigenvalue weighted by molar-refractivity contribution is 0.0508. The largest absolute Gasteiger partial charge is 0.487 e. The van der Waals surface area contributed by atoms with E-state index in [-0.39, 0.29) is 12.0 Å². The first kappa shape index (κ1) is 21.5. The summed E-state index contributed by atoms with van der Waals surface area (Å²) in [5.41, 5.74) is 2.51. The number of ether oxygens (including phenoxy) is 2. The van der Waals surface area contributed by atoms with Crippen LogP contribution in [-0.2, 0) is 28.9 Å². The number of carbonyl (C=O) groups excluding carboxylic acids is 2. The zero-order valence-electron chi connectivity index (χ0n) is 17.1. The predicted octanol–water partition coefficient (Wildman–Crippen LogP) is 4.40. The second kappa shape index (κ2) is 9.93. The first-order valence-corrected chi connectivity index (χ1v) is 9.50. The molecule has 1 amide bonds. The Morgan fingerprint density at radius 2 is 1.68 bits per heavy atom. The van der Waals surface area contributed by atoms with E-state index in [0.717, 1.165) is 16.7 Å². The molecule has 0 saturated carbocycles. The molecule has 2 N–H and O–H groups in total. The van der Waals surface area contributed by atoms with E-state index in [0.29, 0.717) is 19.4 Å². The van der Waals surface area contributed by atoms with E-state index in [1.807, 2.05) is 82.3 Å². The predicted molar refractivity (Wildman–Crippen MR) is 111 cm³/mol. The van der Waals surface area contributed by atoms with Gasteiger partial charge in [0.2, 0.25) is 6.61 Å². The van der Waals surface area contributed by atoms with Crippen molar-refractivity contribution in [3.63, 3.8) is 0 Å². The van der Waals surface area contributed by atoms with Crippen molar-refractivity contribution < 1.29 is 19.1 Å². The molecule has 0 spiro atoms. The lowest BCUT2D eigenvalue weighted by atomic mass is 10.0. The van der Waals surface area contributed by atoms with Crippen LogP contribution in [0.5, 0.6) is 0 Å². The Balaban J connectivity index is 1.84. The molecule has 2 aromatic carbocycles.